The van der Waals surface area contributed by atoms with Gasteiger partial charge in [-0.2, -0.15) is 0 Å². The first-order valence-electron chi connectivity index (χ1n) is 6.99. The number of ether oxygens (including phenoxy) is 2. The number of methoxy groups -OCH3 is 2. The Labute approximate surface area is 116 Å². The van der Waals surface area contributed by atoms with E-state index in [-0.39, 0.29) is 11.9 Å². The Kier molecular flexibility index (Phi) is 11.3. The maximum absolute atomic E-state index is 12.0. The van der Waals surface area contributed by atoms with Crippen molar-refractivity contribution in [3.8, 4) is 0 Å². The van der Waals surface area contributed by atoms with Gasteiger partial charge < -0.3 is 14.4 Å². The third kappa shape index (κ3) is 9.47. The molecule has 0 aromatic heterocycles. The standard InChI is InChI=1S/C14H27NO4/c1-4-5-6-10-15(11-12-18-2)13(16)8-7-9-14(17)19-3/h4-12H2,1-3H3. The van der Waals surface area contributed by atoms with E-state index in [0.29, 0.717) is 32.4 Å². The molecule has 0 atom stereocenters. The smallest absolute Gasteiger partial charge is 0.305 e. The minimum Gasteiger partial charge on any atom is -0.469 e. The summed E-state index contributed by atoms with van der Waals surface area (Å²) in [6.45, 7) is 4.08. The zero-order valence-corrected chi connectivity index (χ0v) is 12.4. The molecule has 0 aliphatic rings. The molecule has 112 valence electrons. The van der Waals surface area contributed by atoms with Gasteiger partial charge in [0.1, 0.15) is 0 Å². The maximum Gasteiger partial charge on any atom is 0.305 e. The van der Waals surface area contributed by atoms with E-state index in [1.54, 1.807) is 7.11 Å². The summed E-state index contributed by atoms with van der Waals surface area (Å²) >= 11 is 0. The molecule has 0 aromatic rings. The minimum atomic E-state index is -0.262. The van der Waals surface area contributed by atoms with Crippen molar-refractivity contribution in [1.82, 2.24) is 4.90 Å². The Hall–Kier alpha value is -1.10. The van der Waals surface area contributed by atoms with Crippen molar-refractivity contribution >= 4 is 11.9 Å². The molecule has 19 heavy (non-hydrogen) atoms. The van der Waals surface area contributed by atoms with Crippen molar-refractivity contribution in [3.05, 3.63) is 0 Å². The Bertz CT molecular complexity index is 256. The van der Waals surface area contributed by atoms with Crippen LogP contribution in [-0.2, 0) is 19.1 Å². The normalized spacial score (nSPS) is 10.3. The zero-order chi connectivity index (χ0) is 14.5. The van der Waals surface area contributed by atoms with Gasteiger partial charge in [0.2, 0.25) is 5.91 Å². The molecule has 0 saturated carbocycles. The molecule has 0 bridgehead atoms. The van der Waals surface area contributed by atoms with Crippen LogP contribution in [0.3, 0.4) is 0 Å². The van der Waals surface area contributed by atoms with E-state index in [9.17, 15) is 9.59 Å². The van der Waals surface area contributed by atoms with E-state index in [2.05, 4.69) is 11.7 Å². The summed E-state index contributed by atoms with van der Waals surface area (Å²) in [4.78, 5) is 24.8. The number of hydrogen-bond acceptors (Lipinski definition) is 4. The zero-order valence-electron chi connectivity index (χ0n) is 12.4. The molecule has 0 N–H and O–H groups in total. The van der Waals surface area contributed by atoms with E-state index in [1.165, 1.54) is 7.11 Å². The Morgan fingerprint density at radius 3 is 2.32 bits per heavy atom. The third-order valence-electron chi connectivity index (χ3n) is 2.95. The predicted octanol–water partition coefficient (Wildman–Crippen LogP) is 1.99. The lowest BCUT2D eigenvalue weighted by atomic mass is 10.2. The molecule has 0 aromatic carbocycles. The van der Waals surface area contributed by atoms with Crippen molar-refractivity contribution in [1.29, 1.82) is 0 Å². The second-order valence-corrected chi connectivity index (χ2v) is 4.51. The SMILES string of the molecule is CCCCCN(CCOC)C(=O)CCCC(=O)OC. The molecular weight excluding hydrogens is 246 g/mol. The molecule has 0 fully saturated rings. The van der Waals surface area contributed by atoms with E-state index in [4.69, 9.17) is 4.74 Å². The Balaban J connectivity index is 4.01. The van der Waals surface area contributed by atoms with E-state index < -0.39 is 0 Å². The summed E-state index contributed by atoms with van der Waals surface area (Å²) in [5.74, 6) is -0.167. The van der Waals surface area contributed by atoms with Crippen LogP contribution in [-0.4, -0.2) is 50.7 Å². The van der Waals surface area contributed by atoms with Gasteiger partial charge in [-0.3, -0.25) is 9.59 Å². The van der Waals surface area contributed by atoms with Gasteiger partial charge in [-0.05, 0) is 12.8 Å². The molecule has 0 heterocycles. The topological polar surface area (TPSA) is 55.8 Å². The molecule has 0 spiro atoms. The molecule has 0 aliphatic carbocycles. The molecule has 0 rings (SSSR count). The molecule has 5 heteroatoms. The van der Waals surface area contributed by atoms with Gasteiger partial charge in [-0.25, -0.2) is 0 Å². The fourth-order valence-corrected chi connectivity index (χ4v) is 1.76. The van der Waals surface area contributed by atoms with Crippen LogP contribution in [0.15, 0.2) is 0 Å². The van der Waals surface area contributed by atoms with Gasteiger partial charge in [-0.1, -0.05) is 19.8 Å². The number of carbonyl (C=O) groups excluding carboxylic acids is 2. The minimum absolute atomic E-state index is 0.0945. The molecule has 0 saturated heterocycles. The first kappa shape index (κ1) is 17.9. The van der Waals surface area contributed by atoms with Crippen molar-refractivity contribution < 1.29 is 19.1 Å². The van der Waals surface area contributed by atoms with Crippen LogP contribution in [0.25, 0.3) is 0 Å². The highest BCUT2D eigenvalue weighted by molar-refractivity contribution is 5.77. The van der Waals surface area contributed by atoms with E-state index in [1.807, 2.05) is 4.90 Å². The van der Waals surface area contributed by atoms with Gasteiger partial charge >= 0.3 is 5.97 Å². The van der Waals surface area contributed by atoms with Crippen LogP contribution >= 0.6 is 0 Å². The summed E-state index contributed by atoms with van der Waals surface area (Å²) in [7, 11) is 2.99. The molecule has 1 amide bonds. The van der Waals surface area contributed by atoms with Crippen molar-refractivity contribution in [2.75, 3.05) is 33.9 Å². The van der Waals surface area contributed by atoms with Crippen LogP contribution in [0.5, 0.6) is 0 Å². The van der Waals surface area contributed by atoms with Gasteiger partial charge in [0.15, 0.2) is 0 Å². The molecular formula is C14H27NO4. The Morgan fingerprint density at radius 1 is 1.00 bits per heavy atom. The second-order valence-electron chi connectivity index (χ2n) is 4.51. The van der Waals surface area contributed by atoms with Gasteiger partial charge in [0.05, 0.1) is 13.7 Å². The quantitative estimate of drug-likeness (QED) is 0.427. The van der Waals surface area contributed by atoms with Crippen molar-refractivity contribution in [2.45, 2.75) is 45.4 Å². The van der Waals surface area contributed by atoms with Gasteiger partial charge in [-0.15, -0.1) is 0 Å². The number of hydrogen-bond donors (Lipinski definition) is 0. The summed E-state index contributed by atoms with van der Waals surface area (Å²) in [5.41, 5.74) is 0. The van der Waals surface area contributed by atoms with Gasteiger partial charge in [0, 0.05) is 33.0 Å². The number of unbranched alkanes of at least 4 members (excludes halogenated alkanes) is 2. The number of esters is 1. The molecule has 0 radical (unpaired) electrons. The fraction of sp³-hybridized carbons (Fsp3) is 0.857. The number of amides is 1. The summed E-state index contributed by atoms with van der Waals surface area (Å²) in [6, 6.07) is 0. The lowest BCUT2D eigenvalue weighted by Crippen LogP contribution is -2.34. The highest BCUT2D eigenvalue weighted by Crippen LogP contribution is 2.05. The van der Waals surface area contributed by atoms with Crippen molar-refractivity contribution in [2.24, 2.45) is 0 Å². The van der Waals surface area contributed by atoms with Crippen LogP contribution in [0, 0.1) is 0 Å². The summed E-state index contributed by atoms with van der Waals surface area (Å²) in [5, 5.41) is 0. The maximum atomic E-state index is 12.0. The van der Waals surface area contributed by atoms with Crippen LogP contribution in [0.2, 0.25) is 0 Å². The van der Waals surface area contributed by atoms with Crippen LogP contribution in [0.1, 0.15) is 45.4 Å². The lowest BCUT2D eigenvalue weighted by Gasteiger charge is -2.22. The number of carbonyl (C=O) groups is 2. The van der Waals surface area contributed by atoms with Gasteiger partial charge in [0.25, 0.3) is 0 Å². The summed E-state index contributed by atoms with van der Waals surface area (Å²) < 4.78 is 9.57. The second kappa shape index (κ2) is 12.0. The van der Waals surface area contributed by atoms with Crippen molar-refractivity contribution in [3.63, 3.8) is 0 Å². The fourth-order valence-electron chi connectivity index (χ4n) is 1.76. The average Bonchev–Trinajstić information content (AvgIpc) is 2.42. The van der Waals surface area contributed by atoms with Crippen LogP contribution in [0.4, 0.5) is 0 Å². The molecule has 0 aliphatic heterocycles. The predicted molar refractivity (Wildman–Crippen MR) is 73.8 cm³/mol. The molecule has 0 unspecified atom stereocenters. The highest BCUT2D eigenvalue weighted by atomic mass is 16.5. The number of rotatable bonds is 11. The number of nitrogens with zero attached hydrogens (tertiary/aromatic N) is 1. The monoisotopic (exact) mass is 273 g/mol. The highest BCUT2D eigenvalue weighted by Gasteiger charge is 2.13. The lowest BCUT2D eigenvalue weighted by molar-refractivity contribution is -0.140. The molecule has 5 nitrogen and oxygen atoms in total. The largest absolute Gasteiger partial charge is 0.469 e. The van der Waals surface area contributed by atoms with E-state index in [0.717, 1.165) is 25.8 Å². The van der Waals surface area contributed by atoms with Crippen LogP contribution < -0.4 is 0 Å². The third-order valence-corrected chi connectivity index (χ3v) is 2.95. The average molecular weight is 273 g/mol. The van der Waals surface area contributed by atoms with E-state index >= 15 is 0 Å². The Morgan fingerprint density at radius 2 is 1.74 bits per heavy atom. The first-order valence-corrected chi connectivity index (χ1v) is 6.99. The summed E-state index contributed by atoms with van der Waals surface area (Å²) in [6.07, 6.45) is 4.51. The first-order chi connectivity index (χ1) is 9.15.